The van der Waals surface area contributed by atoms with Gasteiger partial charge in [-0.1, -0.05) is 30.3 Å². The zero-order valence-corrected chi connectivity index (χ0v) is 18.7. The van der Waals surface area contributed by atoms with Crippen molar-refractivity contribution in [3.05, 3.63) is 69.9 Å². The average molecular weight is 427 g/mol. The van der Waals surface area contributed by atoms with Gasteiger partial charge < -0.3 is 5.11 Å². The van der Waals surface area contributed by atoms with Crippen LogP contribution in [0.15, 0.2) is 48.1 Å². The minimum Gasteiger partial charge on any atom is -0.483 e. The molecule has 3 heterocycles. The Morgan fingerprint density at radius 3 is 2.43 bits per heavy atom. The number of aryl methyl sites for hydroxylation is 1. The van der Waals surface area contributed by atoms with Gasteiger partial charge in [-0.05, 0) is 52.3 Å². The monoisotopic (exact) mass is 426 g/mol. The third-order valence-electron chi connectivity index (χ3n) is 5.74. The second-order valence-corrected chi connectivity index (χ2v) is 9.07. The van der Waals surface area contributed by atoms with E-state index in [4.69, 9.17) is 14.9 Å². The van der Waals surface area contributed by atoms with E-state index in [-0.39, 0.29) is 11.9 Å². The van der Waals surface area contributed by atoms with Crippen molar-refractivity contribution in [2.45, 2.75) is 51.6 Å². The number of carboxylic acid groups (broad SMARTS) is 1. The summed E-state index contributed by atoms with van der Waals surface area (Å²) in [5, 5.41) is 14.8. The van der Waals surface area contributed by atoms with Crippen molar-refractivity contribution >= 4 is 17.8 Å². The number of piperidine rings is 1. The van der Waals surface area contributed by atoms with Crippen LogP contribution >= 0.6 is 11.3 Å². The van der Waals surface area contributed by atoms with E-state index in [2.05, 4.69) is 72.7 Å². The van der Waals surface area contributed by atoms with E-state index < -0.39 is 0 Å². The molecule has 0 atom stereocenters. The third-order valence-corrected chi connectivity index (χ3v) is 6.51. The lowest BCUT2D eigenvalue weighted by molar-refractivity contribution is -0.122. The maximum Gasteiger partial charge on any atom is 0.290 e. The molecule has 0 aliphatic carbocycles. The molecular weight excluding hydrogens is 396 g/mol. The van der Waals surface area contributed by atoms with Gasteiger partial charge in [-0.2, -0.15) is 5.10 Å². The molecule has 2 aromatic heterocycles. The maximum absolute atomic E-state index is 8.36. The SMILES string of the molecule is Cc1nc(C2(c3ccccc3)CCN(Cc3cnn(C(C)C)c3)CC2)cs1.O=CO. The smallest absolute Gasteiger partial charge is 0.290 e. The van der Waals surface area contributed by atoms with Gasteiger partial charge in [-0.15, -0.1) is 11.3 Å². The molecular formula is C23H30N4O2S. The van der Waals surface area contributed by atoms with Gasteiger partial charge in [0, 0.05) is 35.1 Å². The summed E-state index contributed by atoms with van der Waals surface area (Å²) in [6.07, 6.45) is 6.42. The molecule has 1 fully saturated rings. The van der Waals surface area contributed by atoms with Crippen molar-refractivity contribution in [2.24, 2.45) is 0 Å². The number of thiazole rings is 1. The van der Waals surface area contributed by atoms with Gasteiger partial charge in [0.25, 0.3) is 6.47 Å². The fourth-order valence-electron chi connectivity index (χ4n) is 4.13. The highest BCUT2D eigenvalue weighted by molar-refractivity contribution is 7.09. The number of nitrogens with zero attached hydrogens (tertiary/aromatic N) is 4. The Kier molecular flexibility index (Phi) is 7.39. The first kappa shape index (κ1) is 22.2. The lowest BCUT2D eigenvalue weighted by atomic mass is 9.70. The molecule has 30 heavy (non-hydrogen) atoms. The van der Waals surface area contributed by atoms with E-state index in [9.17, 15) is 0 Å². The molecule has 1 saturated heterocycles. The number of hydrogen-bond acceptors (Lipinski definition) is 5. The summed E-state index contributed by atoms with van der Waals surface area (Å²) < 4.78 is 2.05. The second-order valence-electron chi connectivity index (χ2n) is 8.00. The first-order valence-corrected chi connectivity index (χ1v) is 11.2. The van der Waals surface area contributed by atoms with Crippen LogP contribution in [0, 0.1) is 6.92 Å². The molecule has 160 valence electrons. The highest BCUT2D eigenvalue weighted by atomic mass is 32.1. The van der Waals surface area contributed by atoms with Gasteiger partial charge in [0.1, 0.15) is 0 Å². The van der Waals surface area contributed by atoms with Crippen molar-refractivity contribution < 1.29 is 9.90 Å². The standard InChI is InChI=1S/C22H28N4S.CH2O2/c1-17(2)26-15-19(13-23-26)14-25-11-9-22(10-12-25,20-7-5-4-6-8-20)21-16-27-18(3)24-21;2-1-3/h4-8,13,15-17H,9-12,14H2,1-3H3;1H,(H,2,3). The van der Waals surface area contributed by atoms with E-state index in [0.717, 1.165) is 37.5 Å². The van der Waals surface area contributed by atoms with Crippen LogP contribution in [0.25, 0.3) is 0 Å². The Morgan fingerprint density at radius 1 is 1.23 bits per heavy atom. The van der Waals surface area contributed by atoms with Crippen molar-refractivity contribution in [3.63, 3.8) is 0 Å². The Balaban J connectivity index is 0.000000806. The highest BCUT2D eigenvalue weighted by Crippen LogP contribution is 2.42. The fourth-order valence-corrected chi connectivity index (χ4v) is 4.84. The van der Waals surface area contributed by atoms with Crippen molar-refractivity contribution in [1.29, 1.82) is 0 Å². The Hall–Kier alpha value is -2.51. The van der Waals surface area contributed by atoms with Crippen LogP contribution < -0.4 is 0 Å². The molecule has 7 heteroatoms. The molecule has 0 saturated carbocycles. The van der Waals surface area contributed by atoms with Crippen LogP contribution in [0.1, 0.15) is 54.6 Å². The summed E-state index contributed by atoms with van der Waals surface area (Å²) >= 11 is 1.76. The van der Waals surface area contributed by atoms with Crippen LogP contribution in [-0.2, 0) is 16.8 Å². The molecule has 0 bridgehead atoms. The summed E-state index contributed by atoms with van der Waals surface area (Å²) in [4.78, 5) is 15.8. The maximum atomic E-state index is 8.36. The number of aromatic nitrogens is 3. The van der Waals surface area contributed by atoms with E-state index in [1.807, 2.05) is 10.9 Å². The predicted octanol–water partition coefficient (Wildman–Crippen LogP) is 4.51. The van der Waals surface area contributed by atoms with Gasteiger partial charge in [0.15, 0.2) is 0 Å². The summed E-state index contributed by atoms with van der Waals surface area (Å²) in [6.45, 7) is 9.34. The number of carbonyl (C=O) groups is 1. The van der Waals surface area contributed by atoms with E-state index in [0.29, 0.717) is 6.04 Å². The molecule has 1 aliphatic rings. The van der Waals surface area contributed by atoms with E-state index in [1.54, 1.807) is 11.3 Å². The van der Waals surface area contributed by atoms with Crippen LogP contribution in [-0.4, -0.2) is 44.3 Å². The molecule has 0 radical (unpaired) electrons. The minimum absolute atomic E-state index is 0.0463. The molecule has 1 N–H and O–H groups in total. The van der Waals surface area contributed by atoms with Crippen LogP contribution in [0.3, 0.4) is 0 Å². The molecule has 3 aromatic rings. The molecule has 1 aromatic carbocycles. The van der Waals surface area contributed by atoms with E-state index >= 15 is 0 Å². The van der Waals surface area contributed by atoms with Gasteiger partial charge in [-0.3, -0.25) is 14.4 Å². The highest BCUT2D eigenvalue weighted by Gasteiger charge is 2.39. The van der Waals surface area contributed by atoms with Gasteiger partial charge in [0.05, 0.1) is 16.9 Å². The zero-order chi connectivity index (χ0) is 21.6. The van der Waals surface area contributed by atoms with Crippen molar-refractivity contribution in [3.8, 4) is 0 Å². The number of hydrogen-bond donors (Lipinski definition) is 1. The zero-order valence-electron chi connectivity index (χ0n) is 17.9. The van der Waals surface area contributed by atoms with Gasteiger partial charge in [0.2, 0.25) is 0 Å². The second kappa shape index (κ2) is 10.00. The minimum atomic E-state index is -0.250. The van der Waals surface area contributed by atoms with Crippen molar-refractivity contribution in [1.82, 2.24) is 19.7 Å². The Morgan fingerprint density at radius 2 is 1.90 bits per heavy atom. The fraction of sp³-hybridized carbons (Fsp3) is 0.435. The molecule has 0 unspecified atom stereocenters. The molecule has 4 rings (SSSR count). The van der Waals surface area contributed by atoms with Crippen LogP contribution in [0.5, 0.6) is 0 Å². The number of benzene rings is 1. The molecule has 1 aliphatic heterocycles. The summed E-state index contributed by atoms with van der Waals surface area (Å²) in [6, 6.07) is 11.4. The topological polar surface area (TPSA) is 71.2 Å². The molecule has 0 spiro atoms. The number of likely N-dealkylation sites (tertiary alicyclic amines) is 1. The van der Waals surface area contributed by atoms with Crippen molar-refractivity contribution in [2.75, 3.05) is 13.1 Å². The lowest BCUT2D eigenvalue weighted by Gasteiger charge is -2.41. The Labute approximate surface area is 182 Å². The summed E-state index contributed by atoms with van der Waals surface area (Å²) in [7, 11) is 0. The molecule has 0 amide bonds. The average Bonchev–Trinajstić information content (AvgIpc) is 3.40. The van der Waals surface area contributed by atoms with Crippen LogP contribution in [0.2, 0.25) is 0 Å². The summed E-state index contributed by atoms with van der Waals surface area (Å²) in [5.41, 5.74) is 4.01. The van der Waals surface area contributed by atoms with Gasteiger partial charge in [-0.25, -0.2) is 4.98 Å². The largest absolute Gasteiger partial charge is 0.483 e. The Bertz CT molecular complexity index is 928. The summed E-state index contributed by atoms with van der Waals surface area (Å²) in [5.74, 6) is 0. The van der Waals surface area contributed by atoms with E-state index in [1.165, 1.54) is 16.8 Å². The molecule has 6 nitrogen and oxygen atoms in total. The third kappa shape index (κ3) is 4.96. The first-order valence-electron chi connectivity index (χ1n) is 10.3. The number of rotatable bonds is 5. The predicted molar refractivity (Wildman–Crippen MR) is 120 cm³/mol. The van der Waals surface area contributed by atoms with Crippen LogP contribution in [0.4, 0.5) is 0 Å². The normalized spacial score (nSPS) is 16.1. The lowest BCUT2D eigenvalue weighted by Crippen LogP contribution is -2.43. The quantitative estimate of drug-likeness (QED) is 0.608. The first-order chi connectivity index (χ1) is 14.5. The van der Waals surface area contributed by atoms with Gasteiger partial charge >= 0.3 is 0 Å².